The third kappa shape index (κ3) is 4.15. The molecule has 1 heterocycles. The summed E-state index contributed by atoms with van der Waals surface area (Å²) in [4.78, 5) is 29.9. The van der Waals surface area contributed by atoms with E-state index in [0.717, 1.165) is 11.1 Å². The van der Waals surface area contributed by atoms with Gasteiger partial charge in [-0.05, 0) is 18.2 Å². The largest absolute Gasteiger partial charge is 0.497 e. The maximum atomic E-state index is 12.8. The maximum Gasteiger partial charge on any atom is 0.321 e. The van der Waals surface area contributed by atoms with Crippen LogP contribution in [0.5, 0.6) is 5.75 Å². The van der Waals surface area contributed by atoms with Gasteiger partial charge >= 0.3 is 6.03 Å². The number of amides is 3. The molecule has 0 radical (unpaired) electrons. The second kappa shape index (κ2) is 8.48. The Balaban J connectivity index is 1.62. The topological polar surface area (TPSA) is 91.8 Å². The van der Waals surface area contributed by atoms with E-state index < -0.39 is 18.1 Å². The number of benzene rings is 3. The summed E-state index contributed by atoms with van der Waals surface area (Å²) < 4.78 is 5.16. The second-order valence-corrected chi connectivity index (χ2v) is 6.61. The zero-order valence-electron chi connectivity index (χ0n) is 16.3. The molecule has 150 valence electrons. The lowest BCUT2D eigenvalue weighted by Gasteiger charge is -2.14. The lowest BCUT2D eigenvalue weighted by atomic mass is 10.0. The van der Waals surface area contributed by atoms with Crippen LogP contribution in [0.1, 0.15) is 11.1 Å². The van der Waals surface area contributed by atoms with Crippen LogP contribution in [0.3, 0.4) is 0 Å². The van der Waals surface area contributed by atoms with Gasteiger partial charge in [0.15, 0.2) is 0 Å². The van der Waals surface area contributed by atoms with E-state index in [1.165, 1.54) is 0 Å². The van der Waals surface area contributed by atoms with Crippen molar-refractivity contribution in [2.24, 2.45) is 4.99 Å². The van der Waals surface area contributed by atoms with Crippen LogP contribution in [0.25, 0.3) is 0 Å². The number of hydrogen-bond acceptors (Lipinski definition) is 4. The normalized spacial score (nSPS) is 15.2. The summed E-state index contributed by atoms with van der Waals surface area (Å²) in [6.45, 7) is 0. The number of carbonyl (C=O) groups excluding carboxylic acids is 2. The van der Waals surface area contributed by atoms with E-state index in [2.05, 4.69) is 20.9 Å². The minimum Gasteiger partial charge on any atom is -0.497 e. The average molecular weight is 400 g/mol. The fraction of sp³-hybridized carbons (Fsp3) is 0.0870. The van der Waals surface area contributed by atoms with Gasteiger partial charge < -0.3 is 20.7 Å². The molecule has 30 heavy (non-hydrogen) atoms. The van der Waals surface area contributed by atoms with Crippen LogP contribution < -0.4 is 20.7 Å². The van der Waals surface area contributed by atoms with Gasteiger partial charge in [0.05, 0.1) is 18.5 Å². The van der Waals surface area contributed by atoms with Crippen LogP contribution in [0.2, 0.25) is 0 Å². The van der Waals surface area contributed by atoms with E-state index in [1.54, 1.807) is 31.4 Å². The highest BCUT2D eigenvalue weighted by molar-refractivity contribution is 6.19. The van der Waals surface area contributed by atoms with Gasteiger partial charge in [-0.3, -0.25) is 4.79 Å². The number of fused-ring (bicyclic) bond motifs is 1. The zero-order valence-corrected chi connectivity index (χ0v) is 16.3. The Morgan fingerprint density at radius 1 is 1.00 bits per heavy atom. The highest BCUT2D eigenvalue weighted by Gasteiger charge is 2.27. The van der Waals surface area contributed by atoms with E-state index in [-0.39, 0.29) is 0 Å². The van der Waals surface area contributed by atoms with Crippen LogP contribution in [-0.2, 0) is 4.79 Å². The highest BCUT2D eigenvalue weighted by Crippen LogP contribution is 2.24. The molecule has 3 aromatic rings. The Kier molecular flexibility index (Phi) is 5.43. The molecule has 1 aliphatic rings. The van der Waals surface area contributed by atoms with Crippen molar-refractivity contribution in [1.29, 1.82) is 0 Å². The van der Waals surface area contributed by atoms with Crippen molar-refractivity contribution < 1.29 is 14.3 Å². The van der Waals surface area contributed by atoms with Crippen molar-refractivity contribution in [1.82, 2.24) is 5.32 Å². The van der Waals surface area contributed by atoms with E-state index in [0.29, 0.717) is 22.8 Å². The number of carbonyl (C=O) groups is 2. The molecule has 0 saturated carbocycles. The summed E-state index contributed by atoms with van der Waals surface area (Å²) in [7, 11) is 1.55. The first-order valence-electron chi connectivity index (χ1n) is 9.39. The number of hydrogen-bond donors (Lipinski definition) is 3. The number of benzodiazepines with no additional fused rings is 1. The van der Waals surface area contributed by atoms with Crippen LogP contribution in [0.15, 0.2) is 83.9 Å². The smallest absolute Gasteiger partial charge is 0.321 e. The fourth-order valence-corrected chi connectivity index (χ4v) is 3.17. The van der Waals surface area contributed by atoms with Crippen LogP contribution in [0, 0.1) is 0 Å². The van der Waals surface area contributed by atoms with Gasteiger partial charge in [0, 0.05) is 22.9 Å². The summed E-state index contributed by atoms with van der Waals surface area (Å²) in [6.07, 6.45) is -1.10. The number of nitrogens with zero attached hydrogens (tertiary/aromatic N) is 1. The standard InChI is InChI=1S/C23H20N4O3/c1-30-17-11-7-10-16(14-17)24-23(29)27-21-22(28)25-19-13-6-5-12-18(19)20(26-21)15-8-3-2-4-9-15/h2-14,21H,1H3,(H,25,28)(H2,24,27,29). The third-order valence-electron chi connectivity index (χ3n) is 4.59. The number of para-hydroxylation sites is 1. The zero-order chi connectivity index (χ0) is 20.9. The number of anilines is 2. The monoisotopic (exact) mass is 400 g/mol. The lowest BCUT2D eigenvalue weighted by Crippen LogP contribution is -2.44. The van der Waals surface area contributed by atoms with Crippen LogP contribution in [-0.4, -0.2) is 30.9 Å². The molecule has 0 aliphatic carbocycles. The Bertz CT molecular complexity index is 1110. The minimum atomic E-state index is -1.10. The summed E-state index contributed by atoms with van der Waals surface area (Å²) in [6, 6.07) is 23.4. The van der Waals surface area contributed by atoms with E-state index in [1.807, 2.05) is 54.6 Å². The molecule has 0 spiro atoms. The predicted molar refractivity (Wildman–Crippen MR) is 116 cm³/mol. The lowest BCUT2D eigenvalue weighted by molar-refractivity contribution is -0.117. The molecule has 1 aliphatic heterocycles. The summed E-state index contributed by atoms with van der Waals surface area (Å²) >= 11 is 0. The first-order chi connectivity index (χ1) is 14.6. The van der Waals surface area contributed by atoms with E-state index >= 15 is 0 Å². The Labute approximate surface area is 173 Å². The molecule has 7 nitrogen and oxygen atoms in total. The number of methoxy groups -OCH3 is 1. The van der Waals surface area contributed by atoms with Crippen molar-refractivity contribution in [3.63, 3.8) is 0 Å². The molecule has 0 fully saturated rings. The maximum absolute atomic E-state index is 12.8. The van der Waals surface area contributed by atoms with Crippen LogP contribution in [0.4, 0.5) is 16.2 Å². The van der Waals surface area contributed by atoms with Crippen molar-refractivity contribution in [3.8, 4) is 5.75 Å². The quantitative estimate of drug-likeness (QED) is 0.624. The van der Waals surface area contributed by atoms with Gasteiger partial charge in [0.2, 0.25) is 6.17 Å². The molecule has 0 aromatic heterocycles. The molecular weight excluding hydrogens is 380 g/mol. The van der Waals surface area contributed by atoms with Gasteiger partial charge in [-0.1, -0.05) is 54.6 Å². The van der Waals surface area contributed by atoms with Crippen molar-refractivity contribution in [3.05, 3.63) is 90.0 Å². The average Bonchev–Trinajstić information content (AvgIpc) is 2.91. The van der Waals surface area contributed by atoms with Crippen molar-refractivity contribution in [2.75, 3.05) is 17.7 Å². The number of nitrogens with one attached hydrogen (secondary N) is 3. The van der Waals surface area contributed by atoms with Gasteiger partial charge in [0.25, 0.3) is 5.91 Å². The van der Waals surface area contributed by atoms with Crippen LogP contribution >= 0.6 is 0 Å². The SMILES string of the molecule is COc1cccc(NC(=O)NC2N=C(c3ccccc3)c3ccccc3NC2=O)c1. The first kappa shape index (κ1) is 19.2. The number of urea groups is 1. The summed E-state index contributed by atoms with van der Waals surface area (Å²) in [5.41, 5.74) is 3.44. The molecular formula is C23H20N4O3. The van der Waals surface area contributed by atoms with Crippen molar-refractivity contribution in [2.45, 2.75) is 6.17 Å². The summed E-state index contributed by atoms with van der Waals surface area (Å²) in [5, 5.41) is 8.18. The minimum absolute atomic E-state index is 0.422. The molecule has 3 amide bonds. The predicted octanol–water partition coefficient (Wildman–Crippen LogP) is 3.63. The van der Waals surface area contributed by atoms with Crippen molar-refractivity contribution >= 4 is 29.0 Å². The Morgan fingerprint density at radius 3 is 2.57 bits per heavy atom. The van der Waals surface area contributed by atoms with Gasteiger partial charge in [-0.25, -0.2) is 9.79 Å². The second-order valence-electron chi connectivity index (χ2n) is 6.61. The van der Waals surface area contributed by atoms with Gasteiger partial charge in [-0.2, -0.15) is 0 Å². The summed E-state index contributed by atoms with van der Waals surface area (Å²) in [5.74, 6) is 0.189. The Morgan fingerprint density at radius 2 is 1.77 bits per heavy atom. The Hall–Kier alpha value is -4.13. The van der Waals surface area contributed by atoms with Gasteiger partial charge in [0.1, 0.15) is 5.75 Å². The fourth-order valence-electron chi connectivity index (χ4n) is 3.17. The molecule has 0 saturated heterocycles. The first-order valence-corrected chi connectivity index (χ1v) is 9.39. The molecule has 0 bridgehead atoms. The molecule has 7 heteroatoms. The number of aliphatic imine (C=N–C) groups is 1. The number of ether oxygens (including phenoxy) is 1. The number of rotatable bonds is 4. The molecule has 3 N–H and O–H groups in total. The highest BCUT2D eigenvalue weighted by atomic mass is 16.5. The van der Waals surface area contributed by atoms with Gasteiger partial charge in [-0.15, -0.1) is 0 Å². The molecule has 1 unspecified atom stereocenters. The van der Waals surface area contributed by atoms with E-state index in [9.17, 15) is 9.59 Å². The third-order valence-corrected chi connectivity index (χ3v) is 4.59. The molecule has 1 atom stereocenters. The van der Waals surface area contributed by atoms with E-state index in [4.69, 9.17) is 4.74 Å². The molecule has 4 rings (SSSR count). The molecule has 3 aromatic carbocycles.